The monoisotopic (exact) mass is 312 g/mol. The van der Waals surface area contributed by atoms with Gasteiger partial charge < -0.3 is 15.7 Å². The van der Waals surface area contributed by atoms with Crippen molar-refractivity contribution in [2.75, 3.05) is 5.32 Å². The highest BCUT2D eigenvalue weighted by Gasteiger charge is 2.12. The summed E-state index contributed by atoms with van der Waals surface area (Å²) in [5.74, 6) is -0.487. The number of carboxylic acid groups (broad SMARTS) is 1. The van der Waals surface area contributed by atoms with Crippen molar-refractivity contribution in [2.45, 2.75) is 39.7 Å². The molecule has 3 N–H and O–H groups in total. The standard InChI is InChI=1S/C15H21ClN2O3/c1-9(2)4-5-10(3)17-15(21)18-13-8-11(14(19)20)6-7-12(13)16/h6-10H,4-5H2,1-3H3,(H,19,20)(H2,17,18,21). The summed E-state index contributed by atoms with van der Waals surface area (Å²) in [5.41, 5.74) is 0.354. The maximum absolute atomic E-state index is 11.9. The second-order valence-corrected chi connectivity index (χ2v) is 5.88. The highest BCUT2D eigenvalue weighted by molar-refractivity contribution is 6.33. The lowest BCUT2D eigenvalue weighted by atomic mass is 10.0. The Morgan fingerprint density at radius 3 is 2.48 bits per heavy atom. The molecule has 6 heteroatoms. The first-order valence-electron chi connectivity index (χ1n) is 6.90. The summed E-state index contributed by atoms with van der Waals surface area (Å²) < 4.78 is 0. The predicted octanol–water partition coefficient (Wildman–Crippen LogP) is 3.98. The van der Waals surface area contributed by atoms with Crippen LogP contribution in [0.1, 0.15) is 44.0 Å². The normalized spacial score (nSPS) is 12.0. The number of carboxylic acids is 1. The molecule has 1 aromatic rings. The predicted molar refractivity (Wildman–Crippen MR) is 84.1 cm³/mol. The Morgan fingerprint density at radius 2 is 1.90 bits per heavy atom. The van der Waals surface area contributed by atoms with Crippen molar-refractivity contribution in [2.24, 2.45) is 5.92 Å². The second-order valence-electron chi connectivity index (χ2n) is 5.47. The van der Waals surface area contributed by atoms with Crippen LogP contribution in [0.2, 0.25) is 5.02 Å². The van der Waals surface area contributed by atoms with Gasteiger partial charge in [-0.1, -0.05) is 25.4 Å². The zero-order valence-corrected chi connectivity index (χ0v) is 13.2. The maximum atomic E-state index is 11.9. The van der Waals surface area contributed by atoms with Crippen molar-refractivity contribution in [3.63, 3.8) is 0 Å². The number of hydrogen-bond acceptors (Lipinski definition) is 2. The molecular formula is C15H21ClN2O3. The zero-order valence-electron chi connectivity index (χ0n) is 12.4. The number of hydrogen-bond donors (Lipinski definition) is 3. The summed E-state index contributed by atoms with van der Waals surface area (Å²) >= 11 is 5.95. The minimum atomic E-state index is -1.07. The van der Waals surface area contributed by atoms with E-state index in [1.54, 1.807) is 0 Å². The molecule has 0 saturated carbocycles. The van der Waals surface area contributed by atoms with E-state index < -0.39 is 12.0 Å². The van der Waals surface area contributed by atoms with Gasteiger partial charge in [0.15, 0.2) is 0 Å². The van der Waals surface area contributed by atoms with Crippen molar-refractivity contribution in [1.82, 2.24) is 5.32 Å². The third-order valence-electron chi connectivity index (χ3n) is 3.02. The molecule has 0 aliphatic heterocycles. The van der Waals surface area contributed by atoms with Gasteiger partial charge in [0, 0.05) is 6.04 Å². The number of nitrogens with one attached hydrogen (secondary N) is 2. The highest BCUT2D eigenvalue weighted by Crippen LogP contribution is 2.23. The minimum Gasteiger partial charge on any atom is -0.478 e. The lowest BCUT2D eigenvalue weighted by molar-refractivity contribution is 0.0697. The number of carbonyl (C=O) groups excluding carboxylic acids is 1. The molecule has 116 valence electrons. The molecule has 2 amide bonds. The van der Waals surface area contributed by atoms with Crippen LogP contribution in [0.5, 0.6) is 0 Å². The van der Waals surface area contributed by atoms with E-state index in [-0.39, 0.29) is 17.3 Å². The van der Waals surface area contributed by atoms with E-state index in [2.05, 4.69) is 24.5 Å². The molecule has 1 atom stereocenters. The minimum absolute atomic E-state index is 0.0360. The van der Waals surface area contributed by atoms with Gasteiger partial charge in [-0.2, -0.15) is 0 Å². The van der Waals surface area contributed by atoms with Crippen LogP contribution in [0, 0.1) is 5.92 Å². The molecule has 0 aromatic heterocycles. The van der Waals surface area contributed by atoms with Crippen LogP contribution in [-0.4, -0.2) is 23.1 Å². The van der Waals surface area contributed by atoms with E-state index in [9.17, 15) is 9.59 Å². The molecular weight excluding hydrogens is 292 g/mol. The Morgan fingerprint density at radius 1 is 1.24 bits per heavy atom. The van der Waals surface area contributed by atoms with Crippen LogP contribution in [-0.2, 0) is 0 Å². The van der Waals surface area contributed by atoms with Crippen LogP contribution >= 0.6 is 11.6 Å². The molecule has 0 spiro atoms. The molecule has 0 saturated heterocycles. The van der Waals surface area contributed by atoms with Gasteiger partial charge in [-0.05, 0) is 43.9 Å². The van der Waals surface area contributed by atoms with E-state index >= 15 is 0 Å². The second kappa shape index (κ2) is 7.88. The summed E-state index contributed by atoms with van der Waals surface area (Å²) in [6.07, 6.45) is 1.91. The van der Waals surface area contributed by atoms with Gasteiger partial charge in [0.25, 0.3) is 0 Å². The molecule has 0 heterocycles. The van der Waals surface area contributed by atoms with Crippen LogP contribution in [0.3, 0.4) is 0 Å². The first-order chi connectivity index (χ1) is 9.79. The first kappa shape index (κ1) is 17.3. The largest absolute Gasteiger partial charge is 0.478 e. The zero-order chi connectivity index (χ0) is 16.0. The topological polar surface area (TPSA) is 78.4 Å². The van der Waals surface area contributed by atoms with Gasteiger partial charge in [-0.25, -0.2) is 9.59 Å². The number of carbonyl (C=O) groups is 2. The summed E-state index contributed by atoms with van der Waals surface area (Å²) in [7, 11) is 0. The van der Waals surface area contributed by atoms with Crippen molar-refractivity contribution in [3.8, 4) is 0 Å². The lowest BCUT2D eigenvalue weighted by Gasteiger charge is -2.16. The van der Waals surface area contributed by atoms with Crippen molar-refractivity contribution in [3.05, 3.63) is 28.8 Å². The molecule has 1 rings (SSSR count). The molecule has 0 radical (unpaired) electrons. The molecule has 0 aliphatic carbocycles. The number of amides is 2. The lowest BCUT2D eigenvalue weighted by Crippen LogP contribution is -2.36. The Kier molecular flexibility index (Phi) is 6.49. The number of urea groups is 1. The third kappa shape index (κ3) is 6.04. The average molecular weight is 313 g/mol. The summed E-state index contributed by atoms with van der Waals surface area (Å²) in [5, 5.41) is 14.6. The van der Waals surface area contributed by atoms with E-state index in [4.69, 9.17) is 16.7 Å². The van der Waals surface area contributed by atoms with E-state index in [1.807, 2.05) is 6.92 Å². The first-order valence-corrected chi connectivity index (χ1v) is 7.27. The van der Waals surface area contributed by atoms with Gasteiger partial charge in [0.05, 0.1) is 16.3 Å². The van der Waals surface area contributed by atoms with E-state index in [0.717, 1.165) is 12.8 Å². The molecule has 21 heavy (non-hydrogen) atoms. The van der Waals surface area contributed by atoms with Crippen LogP contribution < -0.4 is 10.6 Å². The quantitative estimate of drug-likeness (QED) is 0.743. The van der Waals surface area contributed by atoms with Gasteiger partial charge in [0.2, 0.25) is 0 Å². The fourth-order valence-corrected chi connectivity index (χ4v) is 1.96. The third-order valence-corrected chi connectivity index (χ3v) is 3.35. The number of benzene rings is 1. The Bertz CT molecular complexity index is 518. The van der Waals surface area contributed by atoms with E-state index in [0.29, 0.717) is 10.9 Å². The van der Waals surface area contributed by atoms with Gasteiger partial charge in [-0.3, -0.25) is 0 Å². The van der Waals surface area contributed by atoms with Crippen LogP contribution in [0.15, 0.2) is 18.2 Å². The number of rotatable bonds is 6. The van der Waals surface area contributed by atoms with Gasteiger partial charge in [0.1, 0.15) is 0 Å². The van der Waals surface area contributed by atoms with E-state index in [1.165, 1.54) is 18.2 Å². The van der Waals surface area contributed by atoms with Crippen LogP contribution in [0.4, 0.5) is 10.5 Å². The Labute approximate surface area is 129 Å². The molecule has 1 aromatic carbocycles. The molecule has 0 fully saturated rings. The van der Waals surface area contributed by atoms with Crippen molar-refractivity contribution in [1.29, 1.82) is 0 Å². The summed E-state index contributed by atoms with van der Waals surface area (Å²) in [4.78, 5) is 22.8. The smallest absolute Gasteiger partial charge is 0.335 e. The molecule has 1 unspecified atom stereocenters. The molecule has 0 aliphatic rings. The Balaban J connectivity index is 2.62. The highest BCUT2D eigenvalue weighted by atomic mass is 35.5. The maximum Gasteiger partial charge on any atom is 0.335 e. The summed E-state index contributed by atoms with van der Waals surface area (Å²) in [6.45, 7) is 6.19. The number of anilines is 1. The Hall–Kier alpha value is -1.75. The van der Waals surface area contributed by atoms with Crippen molar-refractivity contribution >= 4 is 29.3 Å². The number of halogens is 1. The fourth-order valence-electron chi connectivity index (χ4n) is 1.79. The van der Waals surface area contributed by atoms with Gasteiger partial charge in [-0.15, -0.1) is 0 Å². The molecule has 5 nitrogen and oxygen atoms in total. The SMILES string of the molecule is CC(C)CCC(C)NC(=O)Nc1cc(C(=O)O)ccc1Cl. The average Bonchev–Trinajstić information content (AvgIpc) is 2.38. The van der Waals surface area contributed by atoms with Crippen LogP contribution in [0.25, 0.3) is 0 Å². The fraction of sp³-hybridized carbons (Fsp3) is 0.467. The van der Waals surface area contributed by atoms with Crippen molar-refractivity contribution < 1.29 is 14.7 Å². The van der Waals surface area contributed by atoms with Gasteiger partial charge >= 0.3 is 12.0 Å². The molecule has 0 bridgehead atoms. The number of aromatic carboxylic acids is 1. The summed E-state index contributed by atoms with van der Waals surface area (Å²) in [6, 6.07) is 3.81.